The standard InChI is InChI=1S/C21H33N5S/c1-7-22-21(26(6)14-20-15-27-17(4)24-20)23-12-18-10-8-9-11-19(18)13-25(5)16(2)3/h8-11,15-16H,7,12-14H2,1-6H3,(H,22,23). The van der Waals surface area contributed by atoms with Crippen molar-refractivity contribution in [3.8, 4) is 0 Å². The predicted molar refractivity (Wildman–Crippen MR) is 116 cm³/mol. The zero-order chi connectivity index (χ0) is 19.8. The third-order valence-electron chi connectivity index (χ3n) is 4.58. The normalized spacial score (nSPS) is 12.1. The summed E-state index contributed by atoms with van der Waals surface area (Å²) in [5.41, 5.74) is 3.70. The van der Waals surface area contributed by atoms with Crippen LogP contribution in [0.4, 0.5) is 0 Å². The van der Waals surface area contributed by atoms with Crippen molar-refractivity contribution in [2.45, 2.75) is 53.4 Å². The van der Waals surface area contributed by atoms with E-state index in [1.165, 1.54) is 11.1 Å². The second-order valence-electron chi connectivity index (χ2n) is 7.16. The number of aryl methyl sites for hydroxylation is 1. The Kier molecular flexibility index (Phi) is 8.25. The molecular weight excluding hydrogens is 354 g/mol. The number of guanidine groups is 1. The van der Waals surface area contributed by atoms with Crippen LogP contribution in [0.1, 0.15) is 42.6 Å². The molecule has 0 amide bonds. The van der Waals surface area contributed by atoms with Crippen LogP contribution in [0.3, 0.4) is 0 Å². The van der Waals surface area contributed by atoms with E-state index in [0.29, 0.717) is 12.6 Å². The SMILES string of the molecule is CCNC(=NCc1ccccc1CN(C)C(C)C)N(C)Cc1csc(C)n1. The van der Waals surface area contributed by atoms with Gasteiger partial charge in [-0.05, 0) is 45.9 Å². The minimum atomic E-state index is 0.520. The highest BCUT2D eigenvalue weighted by Gasteiger charge is 2.11. The van der Waals surface area contributed by atoms with E-state index < -0.39 is 0 Å². The summed E-state index contributed by atoms with van der Waals surface area (Å²) in [6.45, 7) is 11.8. The van der Waals surface area contributed by atoms with Gasteiger partial charge in [0.25, 0.3) is 0 Å². The first-order valence-corrected chi connectivity index (χ1v) is 10.5. The van der Waals surface area contributed by atoms with Crippen LogP contribution in [0.2, 0.25) is 0 Å². The van der Waals surface area contributed by atoms with E-state index in [4.69, 9.17) is 4.99 Å². The molecule has 148 valence electrons. The molecule has 0 fully saturated rings. The summed E-state index contributed by atoms with van der Waals surface area (Å²) in [6, 6.07) is 9.11. The van der Waals surface area contributed by atoms with Gasteiger partial charge in [-0.2, -0.15) is 0 Å². The lowest BCUT2D eigenvalue weighted by atomic mass is 10.1. The lowest BCUT2D eigenvalue weighted by Gasteiger charge is -2.23. The molecule has 1 aromatic carbocycles. The highest BCUT2D eigenvalue weighted by atomic mass is 32.1. The highest BCUT2D eigenvalue weighted by Crippen LogP contribution is 2.14. The molecule has 1 heterocycles. The third kappa shape index (κ3) is 6.63. The topological polar surface area (TPSA) is 43.8 Å². The van der Waals surface area contributed by atoms with E-state index in [9.17, 15) is 0 Å². The molecule has 0 atom stereocenters. The van der Waals surface area contributed by atoms with E-state index in [0.717, 1.165) is 36.3 Å². The molecule has 1 aromatic heterocycles. The molecule has 0 unspecified atom stereocenters. The van der Waals surface area contributed by atoms with Crippen LogP contribution in [0.5, 0.6) is 0 Å². The molecule has 0 aliphatic heterocycles. The molecule has 1 N–H and O–H groups in total. The van der Waals surface area contributed by atoms with Crippen LogP contribution in [0, 0.1) is 6.92 Å². The molecular formula is C21H33N5S. The van der Waals surface area contributed by atoms with Crippen LogP contribution in [0.25, 0.3) is 0 Å². The molecule has 0 bridgehead atoms. The lowest BCUT2D eigenvalue weighted by Crippen LogP contribution is -2.38. The number of aromatic nitrogens is 1. The van der Waals surface area contributed by atoms with Crippen molar-refractivity contribution in [3.05, 3.63) is 51.5 Å². The van der Waals surface area contributed by atoms with E-state index in [1.54, 1.807) is 11.3 Å². The van der Waals surface area contributed by atoms with Crippen molar-refractivity contribution in [3.63, 3.8) is 0 Å². The fourth-order valence-corrected chi connectivity index (χ4v) is 3.35. The molecule has 6 heteroatoms. The third-order valence-corrected chi connectivity index (χ3v) is 5.40. The second-order valence-corrected chi connectivity index (χ2v) is 8.22. The average molecular weight is 388 g/mol. The monoisotopic (exact) mass is 387 g/mol. The number of nitrogens with one attached hydrogen (secondary N) is 1. The Balaban J connectivity index is 2.12. The van der Waals surface area contributed by atoms with Crippen LogP contribution in [0.15, 0.2) is 34.6 Å². The van der Waals surface area contributed by atoms with Crippen molar-refractivity contribution in [1.29, 1.82) is 0 Å². The summed E-state index contributed by atoms with van der Waals surface area (Å²) >= 11 is 1.69. The van der Waals surface area contributed by atoms with Gasteiger partial charge in [0.1, 0.15) is 0 Å². The van der Waals surface area contributed by atoms with Gasteiger partial charge in [0.15, 0.2) is 5.96 Å². The first-order valence-electron chi connectivity index (χ1n) is 9.58. The van der Waals surface area contributed by atoms with Gasteiger partial charge in [-0.15, -0.1) is 11.3 Å². The summed E-state index contributed by atoms with van der Waals surface area (Å²) in [7, 11) is 4.23. The van der Waals surface area contributed by atoms with E-state index in [-0.39, 0.29) is 0 Å². The van der Waals surface area contributed by atoms with Gasteiger partial charge in [0, 0.05) is 31.6 Å². The zero-order valence-corrected chi connectivity index (χ0v) is 18.3. The van der Waals surface area contributed by atoms with Gasteiger partial charge in [0.2, 0.25) is 0 Å². The number of benzene rings is 1. The predicted octanol–water partition coefficient (Wildman–Crippen LogP) is 3.89. The summed E-state index contributed by atoms with van der Waals surface area (Å²) in [6.07, 6.45) is 0. The number of hydrogen-bond donors (Lipinski definition) is 1. The summed E-state index contributed by atoms with van der Waals surface area (Å²) in [4.78, 5) is 13.9. The van der Waals surface area contributed by atoms with E-state index in [2.05, 4.69) is 84.6 Å². The van der Waals surface area contributed by atoms with Crippen LogP contribution >= 0.6 is 11.3 Å². The second kappa shape index (κ2) is 10.4. The van der Waals surface area contributed by atoms with Crippen LogP contribution in [-0.4, -0.2) is 47.4 Å². The molecule has 0 saturated heterocycles. The van der Waals surface area contributed by atoms with Gasteiger partial charge in [-0.3, -0.25) is 4.90 Å². The molecule has 0 aliphatic rings. The Bertz CT molecular complexity index is 738. The van der Waals surface area contributed by atoms with Crippen molar-refractivity contribution in [2.75, 3.05) is 20.6 Å². The van der Waals surface area contributed by atoms with Crippen LogP contribution in [-0.2, 0) is 19.6 Å². The minimum Gasteiger partial charge on any atom is -0.357 e. The molecule has 0 saturated carbocycles. The van der Waals surface area contributed by atoms with Crippen molar-refractivity contribution < 1.29 is 0 Å². The Morgan fingerprint density at radius 1 is 1.19 bits per heavy atom. The Hall–Kier alpha value is -1.92. The fourth-order valence-electron chi connectivity index (χ4n) is 2.75. The van der Waals surface area contributed by atoms with Crippen LogP contribution < -0.4 is 5.32 Å². The maximum atomic E-state index is 4.89. The maximum Gasteiger partial charge on any atom is 0.194 e. The Morgan fingerprint density at radius 2 is 1.89 bits per heavy atom. The molecule has 0 aliphatic carbocycles. The van der Waals surface area contributed by atoms with Gasteiger partial charge in [-0.1, -0.05) is 24.3 Å². The molecule has 5 nitrogen and oxygen atoms in total. The number of aliphatic imine (C=N–C) groups is 1. The lowest BCUT2D eigenvalue weighted by molar-refractivity contribution is 0.265. The van der Waals surface area contributed by atoms with Crippen molar-refractivity contribution in [1.82, 2.24) is 20.1 Å². The molecule has 2 rings (SSSR count). The molecule has 0 radical (unpaired) electrons. The van der Waals surface area contributed by atoms with Gasteiger partial charge in [-0.25, -0.2) is 9.98 Å². The summed E-state index contributed by atoms with van der Waals surface area (Å²) in [5, 5.41) is 6.62. The van der Waals surface area contributed by atoms with E-state index in [1.807, 2.05) is 6.92 Å². The first kappa shape index (κ1) is 21.4. The number of nitrogens with zero attached hydrogens (tertiary/aromatic N) is 4. The largest absolute Gasteiger partial charge is 0.357 e. The number of rotatable bonds is 8. The molecule has 0 spiro atoms. The summed E-state index contributed by atoms with van der Waals surface area (Å²) in [5.74, 6) is 0.912. The number of thiazole rings is 1. The minimum absolute atomic E-state index is 0.520. The zero-order valence-electron chi connectivity index (χ0n) is 17.5. The van der Waals surface area contributed by atoms with E-state index >= 15 is 0 Å². The fraction of sp³-hybridized carbons (Fsp3) is 0.524. The van der Waals surface area contributed by atoms with Gasteiger partial charge >= 0.3 is 0 Å². The molecule has 27 heavy (non-hydrogen) atoms. The quantitative estimate of drug-likeness (QED) is 0.551. The van der Waals surface area contributed by atoms with Gasteiger partial charge in [0.05, 0.1) is 23.8 Å². The maximum absolute atomic E-state index is 4.89. The van der Waals surface area contributed by atoms with Gasteiger partial charge < -0.3 is 10.2 Å². The number of hydrogen-bond acceptors (Lipinski definition) is 4. The molecule has 2 aromatic rings. The highest BCUT2D eigenvalue weighted by molar-refractivity contribution is 7.09. The smallest absolute Gasteiger partial charge is 0.194 e. The Labute approximate surface area is 168 Å². The Morgan fingerprint density at radius 3 is 2.48 bits per heavy atom. The van der Waals surface area contributed by atoms with Crippen molar-refractivity contribution in [2.24, 2.45) is 4.99 Å². The summed E-state index contributed by atoms with van der Waals surface area (Å²) < 4.78 is 0. The van der Waals surface area contributed by atoms with Crippen molar-refractivity contribution >= 4 is 17.3 Å². The average Bonchev–Trinajstić information content (AvgIpc) is 3.04. The first-order chi connectivity index (χ1) is 12.9.